The van der Waals surface area contributed by atoms with Crippen LogP contribution >= 0.6 is 0 Å². The van der Waals surface area contributed by atoms with Crippen LogP contribution in [0.2, 0.25) is 0 Å². The number of aliphatic hydroxyl groups is 2. The molecule has 0 saturated carbocycles. The van der Waals surface area contributed by atoms with Gasteiger partial charge in [-0.25, -0.2) is 4.98 Å². The molecule has 5 nitrogen and oxygen atoms in total. The molecule has 8 heteroatoms. The molecule has 1 aromatic heterocycles. The quantitative estimate of drug-likeness (QED) is 0.647. The van der Waals surface area contributed by atoms with Crippen LogP contribution in [-0.2, 0) is 6.18 Å². The van der Waals surface area contributed by atoms with Gasteiger partial charge in [0.1, 0.15) is 11.3 Å². The zero-order valence-electron chi connectivity index (χ0n) is 9.62. The third-order valence-corrected chi connectivity index (χ3v) is 2.23. The molecule has 0 saturated heterocycles. The third-order valence-electron chi connectivity index (χ3n) is 2.23. The van der Waals surface area contributed by atoms with E-state index in [1.54, 1.807) is 0 Å². The smallest absolute Gasteiger partial charge is 0.396 e. The van der Waals surface area contributed by atoms with E-state index < -0.39 is 24.1 Å². The van der Waals surface area contributed by atoms with Gasteiger partial charge in [0.25, 0.3) is 0 Å². The molecule has 1 heterocycles. The van der Waals surface area contributed by atoms with Crippen molar-refractivity contribution >= 4 is 11.4 Å². The molecule has 1 rings (SSSR count). The van der Waals surface area contributed by atoms with Crippen molar-refractivity contribution in [1.29, 1.82) is 0 Å². The van der Waals surface area contributed by atoms with Crippen molar-refractivity contribution in [2.75, 3.05) is 24.2 Å². The molecule has 102 valence electrons. The molecule has 0 aromatic carbocycles. The molecule has 1 unspecified atom stereocenters. The third kappa shape index (κ3) is 3.74. The molecule has 0 fully saturated rings. The van der Waals surface area contributed by atoms with E-state index in [-0.39, 0.29) is 17.9 Å². The molecule has 0 radical (unpaired) electrons. The summed E-state index contributed by atoms with van der Waals surface area (Å²) in [6.07, 6.45) is -3.68. The second kappa shape index (κ2) is 4.99. The maximum Gasteiger partial charge on any atom is 0.433 e. The molecule has 1 atom stereocenters. The summed E-state index contributed by atoms with van der Waals surface area (Å²) in [5, 5.41) is 20.9. The van der Waals surface area contributed by atoms with E-state index in [4.69, 9.17) is 10.8 Å². The van der Waals surface area contributed by atoms with Gasteiger partial charge >= 0.3 is 6.18 Å². The number of aromatic nitrogens is 1. The van der Waals surface area contributed by atoms with Gasteiger partial charge < -0.3 is 21.3 Å². The van der Waals surface area contributed by atoms with Crippen molar-refractivity contribution in [3.8, 4) is 0 Å². The number of hydrogen-bond donors (Lipinski definition) is 4. The first kappa shape index (κ1) is 14.5. The number of alkyl halides is 3. The summed E-state index contributed by atoms with van der Waals surface area (Å²) in [5.41, 5.74) is 2.97. The Bertz CT molecular complexity index is 421. The summed E-state index contributed by atoms with van der Waals surface area (Å²) in [6.45, 7) is 0.661. The highest BCUT2D eigenvalue weighted by Gasteiger charge is 2.33. The minimum atomic E-state index is -4.57. The highest BCUT2D eigenvalue weighted by atomic mass is 19.4. The molecule has 0 bridgehead atoms. The number of nitrogens with two attached hydrogens (primary N) is 1. The van der Waals surface area contributed by atoms with Crippen LogP contribution in [0.3, 0.4) is 0 Å². The van der Waals surface area contributed by atoms with E-state index >= 15 is 0 Å². The fourth-order valence-corrected chi connectivity index (χ4v) is 1.12. The Hall–Kier alpha value is -1.54. The topological polar surface area (TPSA) is 91.4 Å². The molecular weight excluding hydrogens is 251 g/mol. The minimum Gasteiger partial charge on any atom is -0.396 e. The fraction of sp³-hybridized carbons (Fsp3) is 0.500. The monoisotopic (exact) mass is 265 g/mol. The van der Waals surface area contributed by atoms with Crippen LogP contribution in [0.15, 0.2) is 12.3 Å². The van der Waals surface area contributed by atoms with E-state index in [1.807, 2.05) is 0 Å². The van der Waals surface area contributed by atoms with Crippen LogP contribution in [0.5, 0.6) is 0 Å². The lowest BCUT2D eigenvalue weighted by Crippen LogP contribution is -2.37. The number of pyridine rings is 1. The Morgan fingerprint density at radius 3 is 2.56 bits per heavy atom. The molecule has 0 aliphatic rings. The summed E-state index contributed by atoms with van der Waals surface area (Å²) in [6, 6.07) is 0.753. The maximum absolute atomic E-state index is 12.4. The van der Waals surface area contributed by atoms with Gasteiger partial charge in [0.2, 0.25) is 0 Å². The van der Waals surface area contributed by atoms with Crippen molar-refractivity contribution in [1.82, 2.24) is 4.98 Å². The van der Waals surface area contributed by atoms with E-state index in [9.17, 15) is 18.3 Å². The van der Waals surface area contributed by atoms with Crippen LogP contribution in [0.25, 0.3) is 0 Å². The summed E-state index contributed by atoms with van der Waals surface area (Å²) in [5.74, 6) is 0. The number of nitrogens with one attached hydrogen (secondary N) is 1. The van der Waals surface area contributed by atoms with Gasteiger partial charge in [-0.15, -0.1) is 0 Å². The van der Waals surface area contributed by atoms with Crippen LogP contribution in [0, 0.1) is 0 Å². The van der Waals surface area contributed by atoms with Crippen LogP contribution in [0.1, 0.15) is 12.6 Å². The van der Waals surface area contributed by atoms with Gasteiger partial charge in [-0.05, 0) is 13.0 Å². The minimum absolute atomic E-state index is 0.00560. The maximum atomic E-state index is 12.4. The summed E-state index contributed by atoms with van der Waals surface area (Å²) in [7, 11) is 0. The first-order chi connectivity index (χ1) is 8.15. The van der Waals surface area contributed by atoms with Crippen molar-refractivity contribution in [2.24, 2.45) is 0 Å². The normalized spacial score (nSPS) is 15.2. The molecular formula is C10H14F3N3O2. The van der Waals surface area contributed by atoms with Gasteiger partial charge in [0.15, 0.2) is 0 Å². The van der Waals surface area contributed by atoms with E-state index in [0.717, 1.165) is 12.3 Å². The van der Waals surface area contributed by atoms with E-state index in [1.165, 1.54) is 6.92 Å². The van der Waals surface area contributed by atoms with Gasteiger partial charge in [-0.2, -0.15) is 13.2 Å². The van der Waals surface area contributed by atoms with Crippen molar-refractivity contribution in [2.45, 2.75) is 18.7 Å². The highest BCUT2D eigenvalue weighted by molar-refractivity contribution is 5.65. The van der Waals surface area contributed by atoms with Crippen LogP contribution < -0.4 is 11.1 Å². The number of anilines is 2. The summed E-state index contributed by atoms with van der Waals surface area (Å²) >= 11 is 0. The zero-order chi connectivity index (χ0) is 14.0. The second-order valence-electron chi connectivity index (χ2n) is 4.16. The molecule has 0 amide bonds. The second-order valence-corrected chi connectivity index (χ2v) is 4.16. The highest BCUT2D eigenvalue weighted by Crippen LogP contribution is 2.31. The number of aliphatic hydroxyl groups excluding tert-OH is 1. The van der Waals surface area contributed by atoms with E-state index in [0.29, 0.717) is 0 Å². The zero-order valence-corrected chi connectivity index (χ0v) is 9.62. The Balaban J connectivity index is 2.89. The Morgan fingerprint density at radius 1 is 1.44 bits per heavy atom. The molecule has 0 spiro atoms. The largest absolute Gasteiger partial charge is 0.433 e. The first-order valence-electron chi connectivity index (χ1n) is 5.05. The summed E-state index contributed by atoms with van der Waals surface area (Å²) < 4.78 is 37.3. The van der Waals surface area contributed by atoms with Gasteiger partial charge in [-0.1, -0.05) is 0 Å². The van der Waals surface area contributed by atoms with Crippen molar-refractivity contribution < 1.29 is 23.4 Å². The van der Waals surface area contributed by atoms with Gasteiger partial charge in [-0.3, -0.25) is 0 Å². The van der Waals surface area contributed by atoms with Crippen LogP contribution in [0.4, 0.5) is 24.5 Å². The number of nitrogen functional groups attached to an aromatic ring is 1. The molecule has 0 aliphatic heterocycles. The molecule has 0 aliphatic carbocycles. The standard InChI is InChI=1S/C10H14F3N3O2/c1-9(18,5-17)4-16-7-2-8(10(11,12)13)15-3-6(7)14/h2-3,17-18H,4-5,14H2,1H3,(H,15,16). The lowest BCUT2D eigenvalue weighted by atomic mass is 10.1. The van der Waals surface area contributed by atoms with Crippen LogP contribution in [-0.4, -0.2) is 33.9 Å². The molecule has 1 aromatic rings. The van der Waals surface area contributed by atoms with E-state index in [2.05, 4.69) is 10.3 Å². The van der Waals surface area contributed by atoms with Crippen molar-refractivity contribution in [3.63, 3.8) is 0 Å². The number of halogens is 3. The average molecular weight is 265 g/mol. The lowest BCUT2D eigenvalue weighted by Gasteiger charge is -2.22. The average Bonchev–Trinajstić information content (AvgIpc) is 2.26. The lowest BCUT2D eigenvalue weighted by molar-refractivity contribution is -0.141. The first-order valence-corrected chi connectivity index (χ1v) is 5.05. The number of nitrogens with zero attached hydrogens (tertiary/aromatic N) is 1. The fourth-order valence-electron chi connectivity index (χ4n) is 1.12. The molecule has 5 N–H and O–H groups in total. The summed E-state index contributed by atoms with van der Waals surface area (Å²) in [4.78, 5) is 3.17. The van der Waals surface area contributed by atoms with Gasteiger partial charge in [0.05, 0.1) is 24.2 Å². The SMILES string of the molecule is CC(O)(CO)CNc1cc(C(F)(F)F)ncc1N. The molecule has 18 heavy (non-hydrogen) atoms. The predicted octanol–water partition coefficient (Wildman–Crippen LogP) is 0.838. The number of rotatable bonds is 4. The predicted molar refractivity (Wildman–Crippen MR) is 59.9 cm³/mol. The Labute approximate surface area is 101 Å². The van der Waals surface area contributed by atoms with Crippen molar-refractivity contribution in [3.05, 3.63) is 18.0 Å². The number of hydrogen-bond acceptors (Lipinski definition) is 5. The Kier molecular flexibility index (Phi) is 4.02. The van der Waals surface area contributed by atoms with Gasteiger partial charge in [0, 0.05) is 6.54 Å². The Morgan fingerprint density at radius 2 is 2.06 bits per heavy atom.